The highest BCUT2D eigenvalue weighted by molar-refractivity contribution is 5.68. The summed E-state index contributed by atoms with van der Waals surface area (Å²) < 4.78 is 16.8. The van der Waals surface area contributed by atoms with E-state index in [9.17, 15) is 4.79 Å². The summed E-state index contributed by atoms with van der Waals surface area (Å²) in [7, 11) is 0. The summed E-state index contributed by atoms with van der Waals surface area (Å²) >= 11 is 0. The number of ether oxygens (including phenoxy) is 3. The molecule has 3 rings (SSSR count). The van der Waals surface area contributed by atoms with E-state index in [1.165, 1.54) is 0 Å². The largest absolute Gasteiger partial charge is 0.494 e. The summed E-state index contributed by atoms with van der Waals surface area (Å²) in [6, 6.07) is 13.8. The predicted octanol–water partition coefficient (Wildman–Crippen LogP) is 4.31. The van der Waals surface area contributed by atoms with Crippen LogP contribution in [0, 0.1) is 5.41 Å². The first-order valence-corrected chi connectivity index (χ1v) is 8.37. The third-order valence-corrected chi connectivity index (χ3v) is 4.34. The summed E-state index contributed by atoms with van der Waals surface area (Å²) in [6.45, 7) is 7.03. The maximum atomic E-state index is 11.3. The van der Waals surface area contributed by atoms with Gasteiger partial charge >= 0.3 is 6.09 Å². The molecule has 0 bridgehead atoms. The van der Waals surface area contributed by atoms with Crippen LogP contribution in [0.4, 0.5) is 4.79 Å². The Kier molecular flexibility index (Phi) is 4.57. The molecule has 1 atom stereocenters. The van der Waals surface area contributed by atoms with Crippen molar-refractivity contribution < 1.29 is 19.0 Å². The highest BCUT2D eigenvalue weighted by Gasteiger charge is 2.40. The summed E-state index contributed by atoms with van der Waals surface area (Å²) in [6.07, 6.45) is -1.20. The van der Waals surface area contributed by atoms with Crippen LogP contribution in [0.2, 0.25) is 0 Å². The lowest BCUT2D eigenvalue weighted by Crippen LogP contribution is -2.37. The number of amides is 1. The van der Waals surface area contributed by atoms with Crippen LogP contribution in [0.25, 0.3) is 11.1 Å². The zero-order valence-electron chi connectivity index (χ0n) is 14.7. The van der Waals surface area contributed by atoms with Gasteiger partial charge in [-0.1, -0.05) is 38.1 Å². The van der Waals surface area contributed by atoms with Crippen molar-refractivity contribution in [2.24, 2.45) is 11.1 Å². The van der Waals surface area contributed by atoms with Crippen molar-refractivity contribution in [3.8, 4) is 22.6 Å². The minimum atomic E-state index is -0.776. The highest BCUT2D eigenvalue weighted by Crippen LogP contribution is 2.46. The number of primary amides is 1. The van der Waals surface area contributed by atoms with E-state index in [2.05, 4.69) is 0 Å². The quantitative estimate of drug-likeness (QED) is 0.899. The second-order valence-corrected chi connectivity index (χ2v) is 6.80. The first-order chi connectivity index (χ1) is 11.9. The Labute approximate surface area is 147 Å². The maximum Gasteiger partial charge on any atom is 0.405 e. The van der Waals surface area contributed by atoms with Gasteiger partial charge in [0.2, 0.25) is 0 Å². The molecular formula is C20H23NO4. The molecule has 1 aliphatic heterocycles. The average Bonchev–Trinajstić information content (AvgIpc) is 2.58. The van der Waals surface area contributed by atoms with Gasteiger partial charge in [0.1, 0.15) is 17.6 Å². The Balaban J connectivity index is 1.93. The molecule has 0 saturated carbocycles. The van der Waals surface area contributed by atoms with Crippen LogP contribution in [0.3, 0.4) is 0 Å². The molecule has 2 aromatic rings. The van der Waals surface area contributed by atoms with E-state index in [-0.39, 0.29) is 5.41 Å². The molecule has 2 N–H and O–H groups in total. The minimum absolute atomic E-state index is 0.345. The third-order valence-electron chi connectivity index (χ3n) is 4.34. The molecule has 5 nitrogen and oxygen atoms in total. The van der Waals surface area contributed by atoms with Crippen LogP contribution >= 0.6 is 0 Å². The van der Waals surface area contributed by atoms with Crippen molar-refractivity contribution in [3.05, 3.63) is 48.0 Å². The van der Waals surface area contributed by atoms with Crippen molar-refractivity contribution in [3.63, 3.8) is 0 Å². The van der Waals surface area contributed by atoms with E-state index in [4.69, 9.17) is 19.9 Å². The van der Waals surface area contributed by atoms with Crippen LogP contribution in [-0.4, -0.2) is 19.3 Å². The monoisotopic (exact) mass is 341 g/mol. The molecule has 0 aliphatic carbocycles. The Bertz CT molecular complexity index is 768. The van der Waals surface area contributed by atoms with Crippen LogP contribution in [0.15, 0.2) is 42.5 Å². The average molecular weight is 341 g/mol. The fourth-order valence-electron chi connectivity index (χ4n) is 3.07. The van der Waals surface area contributed by atoms with Gasteiger partial charge in [-0.05, 0) is 36.2 Å². The number of carbonyl (C=O) groups excluding carboxylic acids is 1. The Morgan fingerprint density at radius 1 is 1.20 bits per heavy atom. The van der Waals surface area contributed by atoms with Crippen LogP contribution in [0.5, 0.6) is 11.5 Å². The highest BCUT2D eigenvalue weighted by atomic mass is 16.6. The van der Waals surface area contributed by atoms with E-state index in [1.807, 2.05) is 63.2 Å². The topological polar surface area (TPSA) is 70.8 Å². The zero-order chi connectivity index (χ0) is 18.0. The molecule has 1 unspecified atom stereocenters. The minimum Gasteiger partial charge on any atom is -0.494 e. The third kappa shape index (κ3) is 3.55. The van der Waals surface area contributed by atoms with Crippen LogP contribution < -0.4 is 15.2 Å². The number of benzene rings is 2. The van der Waals surface area contributed by atoms with Gasteiger partial charge in [0.25, 0.3) is 0 Å². The van der Waals surface area contributed by atoms with Gasteiger partial charge in [0, 0.05) is 11.0 Å². The Morgan fingerprint density at radius 2 is 1.88 bits per heavy atom. The predicted molar refractivity (Wildman–Crippen MR) is 95.7 cm³/mol. The lowest BCUT2D eigenvalue weighted by Gasteiger charge is -2.38. The number of nitrogens with two attached hydrogens (primary N) is 1. The lowest BCUT2D eigenvalue weighted by atomic mass is 9.80. The summed E-state index contributed by atoms with van der Waals surface area (Å²) in [4.78, 5) is 11.3. The van der Waals surface area contributed by atoms with E-state index >= 15 is 0 Å². The molecule has 0 fully saturated rings. The zero-order valence-corrected chi connectivity index (χ0v) is 14.7. The SMILES string of the molecule is CCOc1ccc(-c2ccc3c(c2)OCC(C)(C)C3OC(N)=O)cc1. The van der Waals surface area contributed by atoms with Crippen LogP contribution in [-0.2, 0) is 4.74 Å². The van der Waals surface area contributed by atoms with Crippen molar-refractivity contribution in [2.45, 2.75) is 26.9 Å². The molecule has 0 saturated heterocycles. The molecular weight excluding hydrogens is 318 g/mol. The first kappa shape index (κ1) is 17.1. The maximum absolute atomic E-state index is 11.3. The van der Waals surface area contributed by atoms with Crippen molar-refractivity contribution in [1.29, 1.82) is 0 Å². The number of rotatable bonds is 4. The van der Waals surface area contributed by atoms with E-state index in [0.29, 0.717) is 13.2 Å². The van der Waals surface area contributed by atoms with Gasteiger partial charge < -0.3 is 19.9 Å². The molecule has 132 valence electrons. The molecule has 1 heterocycles. The van der Waals surface area contributed by atoms with Gasteiger partial charge in [-0.25, -0.2) is 4.79 Å². The molecule has 0 spiro atoms. The second kappa shape index (κ2) is 6.67. The molecule has 5 heteroatoms. The molecule has 1 aliphatic rings. The first-order valence-electron chi connectivity index (χ1n) is 8.37. The Morgan fingerprint density at radius 3 is 2.52 bits per heavy atom. The summed E-state index contributed by atoms with van der Waals surface area (Å²) in [5.74, 6) is 1.56. The van der Waals surface area contributed by atoms with Crippen molar-refractivity contribution in [1.82, 2.24) is 0 Å². The fourth-order valence-corrected chi connectivity index (χ4v) is 3.07. The molecule has 0 aromatic heterocycles. The smallest absolute Gasteiger partial charge is 0.405 e. The van der Waals surface area contributed by atoms with Crippen molar-refractivity contribution >= 4 is 6.09 Å². The van der Waals surface area contributed by atoms with Crippen LogP contribution in [0.1, 0.15) is 32.4 Å². The number of fused-ring (bicyclic) bond motifs is 1. The molecule has 2 aromatic carbocycles. The number of carbonyl (C=O) groups is 1. The molecule has 0 radical (unpaired) electrons. The Hall–Kier alpha value is -2.69. The van der Waals surface area contributed by atoms with E-state index in [0.717, 1.165) is 28.2 Å². The lowest BCUT2D eigenvalue weighted by molar-refractivity contribution is -0.0176. The van der Waals surface area contributed by atoms with Crippen molar-refractivity contribution in [2.75, 3.05) is 13.2 Å². The van der Waals surface area contributed by atoms with Gasteiger partial charge in [-0.2, -0.15) is 0 Å². The molecule has 1 amide bonds. The molecule has 25 heavy (non-hydrogen) atoms. The standard InChI is InChI=1S/C20H23NO4/c1-4-23-15-8-5-13(6-9-15)14-7-10-16-17(11-14)24-12-20(2,3)18(16)25-19(21)22/h5-11,18H,4,12H2,1-3H3,(H2,21,22). The summed E-state index contributed by atoms with van der Waals surface area (Å²) in [5.41, 5.74) is 7.83. The number of hydrogen-bond donors (Lipinski definition) is 1. The summed E-state index contributed by atoms with van der Waals surface area (Å²) in [5, 5.41) is 0. The van der Waals surface area contributed by atoms with E-state index < -0.39 is 12.2 Å². The van der Waals surface area contributed by atoms with Gasteiger partial charge in [0.05, 0.1) is 13.2 Å². The van der Waals surface area contributed by atoms with Gasteiger partial charge in [-0.3, -0.25) is 0 Å². The second-order valence-electron chi connectivity index (χ2n) is 6.80. The van der Waals surface area contributed by atoms with Gasteiger partial charge in [0.15, 0.2) is 0 Å². The van der Waals surface area contributed by atoms with E-state index in [1.54, 1.807) is 0 Å². The van der Waals surface area contributed by atoms with Gasteiger partial charge in [-0.15, -0.1) is 0 Å². The fraction of sp³-hybridized carbons (Fsp3) is 0.350. The normalized spacial score (nSPS) is 18.0. The number of hydrogen-bond acceptors (Lipinski definition) is 4.